The van der Waals surface area contributed by atoms with Gasteiger partial charge in [0.05, 0.1) is 12.0 Å². The molecule has 2 aromatic heterocycles. The number of nitrogens with one attached hydrogen (secondary N) is 1. The van der Waals surface area contributed by atoms with Crippen molar-refractivity contribution in [2.75, 3.05) is 25.2 Å². The van der Waals surface area contributed by atoms with Crippen LogP contribution in [0.2, 0.25) is 0 Å². The topological polar surface area (TPSA) is 73.2 Å². The molecule has 1 unspecified atom stereocenters. The number of ether oxygens (including phenoxy) is 1. The molecule has 164 valence electrons. The van der Waals surface area contributed by atoms with E-state index in [2.05, 4.69) is 10.3 Å². The summed E-state index contributed by atoms with van der Waals surface area (Å²) in [5, 5.41) is 4.66. The summed E-state index contributed by atoms with van der Waals surface area (Å²) in [6, 6.07) is 7.37. The van der Waals surface area contributed by atoms with Gasteiger partial charge in [-0.05, 0) is 61.3 Å². The minimum Gasteiger partial charge on any atom is -0.479 e. The van der Waals surface area contributed by atoms with E-state index < -0.39 is 9.84 Å². The molecule has 2 fully saturated rings. The quantitative estimate of drug-likeness (QED) is 0.612. The van der Waals surface area contributed by atoms with Crippen molar-refractivity contribution in [3.05, 3.63) is 36.7 Å². The number of hydrogen-bond acceptors (Lipinski definition) is 5. The van der Waals surface area contributed by atoms with Crippen molar-refractivity contribution in [1.29, 1.82) is 0 Å². The Balaban J connectivity index is 1.58. The molecule has 2 bridgehead atoms. The van der Waals surface area contributed by atoms with Gasteiger partial charge in [-0.1, -0.05) is 6.42 Å². The zero-order valence-corrected chi connectivity index (χ0v) is 19.1. The van der Waals surface area contributed by atoms with Crippen LogP contribution in [0.3, 0.4) is 0 Å². The lowest BCUT2D eigenvalue weighted by Crippen LogP contribution is -2.20. The molecule has 0 saturated heterocycles. The number of hydrogen-bond donors (Lipinski definition) is 1. The van der Waals surface area contributed by atoms with Crippen molar-refractivity contribution >= 4 is 26.4 Å². The van der Waals surface area contributed by atoms with Crippen LogP contribution >= 0.6 is 0 Å². The first-order valence-corrected chi connectivity index (χ1v) is 12.8. The number of rotatable bonds is 6. The second-order valence-electron chi connectivity index (χ2n) is 9.17. The monoisotopic (exact) mass is 439 g/mol. The molecule has 1 N–H and O–H groups in total. The van der Waals surface area contributed by atoms with Crippen LogP contribution in [0.5, 0.6) is 5.88 Å². The third kappa shape index (κ3) is 3.59. The van der Waals surface area contributed by atoms with Crippen LogP contribution in [0, 0.1) is 17.8 Å². The third-order valence-corrected chi connectivity index (χ3v) is 8.31. The minimum atomic E-state index is -3.32. The lowest BCUT2D eigenvalue weighted by atomic mass is 9.88. The van der Waals surface area contributed by atoms with E-state index in [1.807, 2.05) is 29.9 Å². The molecule has 2 aliphatic carbocycles. The van der Waals surface area contributed by atoms with Crippen LogP contribution in [0.15, 0.2) is 41.6 Å². The Hall–Kier alpha value is -2.54. The lowest BCUT2D eigenvalue weighted by Gasteiger charge is -2.23. The van der Waals surface area contributed by atoms with E-state index in [0.29, 0.717) is 16.7 Å². The van der Waals surface area contributed by atoms with Crippen LogP contribution in [-0.4, -0.2) is 37.9 Å². The molecule has 2 aliphatic rings. The van der Waals surface area contributed by atoms with Crippen molar-refractivity contribution in [1.82, 2.24) is 9.55 Å². The highest BCUT2D eigenvalue weighted by molar-refractivity contribution is 7.90. The van der Waals surface area contributed by atoms with E-state index in [1.165, 1.54) is 31.9 Å². The zero-order valence-electron chi connectivity index (χ0n) is 18.3. The lowest BCUT2D eigenvalue weighted by molar-refractivity contribution is 0.348. The maximum atomic E-state index is 12.3. The zero-order chi connectivity index (χ0) is 21.8. The number of aryl methyl sites for hydroxylation is 1. The van der Waals surface area contributed by atoms with E-state index in [-0.39, 0.29) is 0 Å². The Morgan fingerprint density at radius 2 is 2.03 bits per heavy atom. The van der Waals surface area contributed by atoms with Gasteiger partial charge in [0, 0.05) is 54.4 Å². The summed E-state index contributed by atoms with van der Waals surface area (Å²) >= 11 is 0. The van der Waals surface area contributed by atoms with Crippen molar-refractivity contribution in [2.24, 2.45) is 24.8 Å². The molecule has 2 saturated carbocycles. The van der Waals surface area contributed by atoms with Crippen molar-refractivity contribution in [3.63, 3.8) is 0 Å². The molecule has 7 heteroatoms. The second kappa shape index (κ2) is 7.55. The van der Waals surface area contributed by atoms with E-state index in [9.17, 15) is 8.42 Å². The van der Waals surface area contributed by atoms with Gasteiger partial charge in [-0.25, -0.2) is 13.4 Å². The largest absolute Gasteiger partial charge is 0.479 e. The molecule has 31 heavy (non-hydrogen) atoms. The summed E-state index contributed by atoms with van der Waals surface area (Å²) in [5.41, 5.74) is 3.73. The average Bonchev–Trinajstić information content (AvgIpc) is 3.46. The van der Waals surface area contributed by atoms with Gasteiger partial charge in [-0.2, -0.15) is 0 Å². The van der Waals surface area contributed by atoms with Gasteiger partial charge in [0.25, 0.3) is 0 Å². The highest BCUT2D eigenvalue weighted by atomic mass is 32.2. The van der Waals surface area contributed by atoms with E-state index in [0.717, 1.165) is 46.1 Å². The molecule has 0 aliphatic heterocycles. The Kier molecular flexibility index (Phi) is 4.96. The van der Waals surface area contributed by atoms with Gasteiger partial charge in [0.2, 0.25) is 5.88 Å². The molecule has 3 atom stereocenters. The number of aromatic nitrogens is 2. The fourth-order valence-electron chi connectivity index (χ4n) is 5.68. The first kappa shape index (κ1) is 20.4. The standard InChI is InChI=1S/C24H29N3O3S/c1-27-14-21(19-8-9-25-24(30-2)23(19)27)20-12-18(31(3,28)29)6-7-22(20)26-13-17-11-15-4-5-16(17)10-15/h6-9,12,14-17,26H,4-5,10-11,13H2,1-3H3/t15-,16+,17?/m1/s1. The summed E-state index contributed by atoms with van der Waals surface area (Å²) < 4.78 is 32.0. The van der Waals surface area contributed by atoms with Crippen LogP contribution in [0.4, 0.5) is 5.69 Å². The fourth-order valence-corrected chi connectivity index (χ4v) is 6.33. The summed E-state index contributed by atoms with van der Waals surface area (Å²) in [7, 11) is 0.251. The molecule has 0 amide bonds. The van der Waals surface area contributed by atoms with Gasteiger partial charge in [-0.3, -0.25) is 0 Å². The molecule has 0 radical (unpaired) electrons. The number of methoxy groups -OCH3 is 1. The summed E-state index contributed by atoms with van der Waals surface area (Å²) in [6.45, 7) is 0.933. The third-order valence-electron chi connectivity index (χ3n) is 7.20. The van der Waals surface area contributed by atoms with E-state index in [4.69, 9.17) is 4.74 Å². The molecule has 3 aromatic rings. The van der Waals surface area contributed by atoms with E-state index in [1.54, 1.807) is 25.4 Å². The summed E-state index contributed by atoms with van der Waals surface area (Å²) in [5.74, 6) is 3.01. The maximum Gasteiger partial charge on any atom is 0.238 e. The van der Waals surface area contributed by atoms with Crippen molar-refractivity contribution in [2.45, 2.75) is 30.6 Å². The van der Waals surface area contributed by atoms with Crippen LogP contribution in [0.25, 0.3) is 22.0 Å². The Bertz CT molecular complexity index is 1250. The summed E-state index contributed by atoms with van der Waals surface area (Å²) in [4.78, 5) is 4.65. The van der Waals surface area contributed by atoms with Crippen LogP contribution in [-0.2, 0) is 16.9 Å². The van der Waals surface area contributed by atoms with Crippen LogP contribution in [0.1, 0.15) is 25.7 Å². The van der Waals surface area contributed by atoms with Crippen molar-refractivity contribution < 1.29 is 13.2 Å². The molecule has 5 rings (SSSR count). The maximum absolute atomic E-state index is 12.3. The Morgan fingerprint density at radius 1 is 1.19 bits per heavy atom. The molecule has 2 heterocycles. The predicted molar refractivity (Wildman–Crippen MR) is 123 cm³/mol. The minimum absolute atomic E-state index is 0.325. The van der Waals surface area contributed by atoms with Gasteiger partial charge >= 0.3 is 0 Å². The number of nitrogens with zero attached hydrogens (tertiary/aromatic N) is 2. The van der Waals surface area contributed by atoms with Crippen LogP contribution < -0.4 is 10.1 Å². The highest BCUT2D eigenvalue weighted by Gasteiger charge is 2.39. The fraction of sp³-hybridized carbons (Fsp3) is 0.458. The second-order valence-corrected chi connectivity index (χ2v) is 11.2. The summed E-state index contributed by atoms with van der Waals surface area (Å²) in [6.07, 6.45) is 10.4. The molecular formula is C24H29N3O3S. The molecule has 0 spiro atoms. The number of fused-ring (bicyclic) bond motifs is 3. The Morgan fingerprint density at radius 3 is 2.71 bits per heavy atom. The van der Waals surface area contributed by atoms with Gasteiger partial charge < -0.3 is 14.6 Å². The normalized spacial score (nSPS) is 22.9. The number of benzene rings is 1. The SMILES string of the molecule is COc1nccc2c(-c3cc(S(C)(=O)=O)ccc3NCC3C[C@@H]4CC[C@H]3C4)cn(C)c12. The Labute approximate surface area is 183 Å². The van der Waals surface area contributed by atoms with Crippen molar-refractivity contribution in [3.8, 4) is 17.0 Å². The van der Waals surface area contributed by atoms with Gasteiger partial charge in [0.1, 0.15) is 5.52 Å². The molecule has 1 aromatic carbocycles. The number of sulfone groups is 1. The highest BCUT2D eigenvalue weighted by Crippen LogP contribution is 2.48. The molecule has 6 nitrogen and oxygen atoms in total. The number of pyridine rings is 1. The first-order chi connectivity index (χ1) is 14.8. The van der Waals surface area contributed by atoms with Gasteiger partial charge in [0.15, 0.2) is 9.84 Å². The van der Waals surface area contributed by atoms with E-state index >= 15 is 0 Å². The first-order valence-electron chi connectivity index (χ1n) is 10.9. The predicted octanol–water partition coefficient (Wildman–Crippen LogP) is 4.50. The number of anilines is 1. The average molecular weight is 440 g/mol. The molecular weight excluding hydrogens is 410 g/mol. The smallest absolute Gasteiger partial charge is 0.238 e. The van der Waals surface area contributed by atoms with Gasteiger partial charge in [-0.15, -0.1) is 0 Å².